The first kappa shape index (κ1) is 13.2. The molecule has 0 aromatic rings. The van der Waals surface area contributed by atoms with Crippen molar-refractivity contribution < 1.29 is 14.3 Å². The zero-order chi connectivity index (χ0) is 12.3. The Kier molecular flexibility index (Phi) is 4.51. The molecule has 0 aromatic carbocycles. The lowest BCUT2D eigenvalue weighted by Gasteiger charge is -2.34. The van der Waals surface area contributed by atoms with Gasteiger partial charge in [-0.1, -0.05) is 20.8 Å². The van der Waals surface area contributed by atoms with Crippen LogP contribution in [0.5, 0.6) is 0 Å². The number of carbonyl (C=O) groups excluding carboxylic acids is 2. The monoisotopic (exact) mass is 226 g/mol. The molecule has 3 atom stereocenters. The Morgan fingerprint density at radius 1 is 1.44 bits per heavy atom. The third-order valence-electron chi connectivity index (χ3n) is 3.55. The van der Waals surface area contributed by atoms with Gasteiger partial charge in [0.05, 0.1) is 6.61 Å². The second-order valence-corrected chi connectivity index (χ2v) is 5.02. The van der Waals surface area contributed by atoms with E-state index in [9.17, 15) is 9.59 Å². The van der Waals surface area contributed by atoms with Crippen LogP contribution in [0.1, 0.15) is 40.5 Å². The molecule has 92 valence electrons. The zero-order valence-electron chi connectivity index (χ0n) is 10.7. The van der Waals surface area contributed by atoms with E-state index in [-0.39, 0.29) is 23.6 Å². The maximum atomic E-state index is 12.1. The first-order valence-electron chi connectivity index (χ1n) is 6.19. The fourth-order valence-electron chi connectivity index (χ4n) is 2.51. The van der Waals surface area contributed by atoms with E-state index in [1.807, 2.05) is 6.92 Å². The average Bonchev–Trinajstić information content (AvgIpc) is 2.21. The minimum absolute atomic E-state index is 0.00408. The van der Waals surface area contributed by atoms with Gasteiger partial charge in [0, 0.05) is 5.92 Å². The lowest BCUT2D eigenvalue weighted by Crippen LogP contribution is -2.42. The van der Waals surface area contributed by atoms with Crippen LogP contribution >= 0.6 is 0 Å². The number of carbonyl (C=O) groups is 2. The molecule has 0 aromatic heterocycles. The van der Waals surface area contributed by atoms with Crippen LogP contribution in [0.25, 0.3) is 0 Å². The van der Waals surface area contributed by atoms with Crippen LogP contribution in [0, 0.1) is 23.7 Å². The number of esters is 1. The van der Waals surface area contributed by atoms with Crippen molar-refractivity contribution in [3.8, 4) is 0 Å². The van der Waals surface area contributed by atoms with Crippen molar-refractivity contribution in [2.75, 3.05) is 6.61 Å². The number of ketones is 1. The normalized spacial score (nSPS) is 30.6. The molecule has 0 amide bonds. The lowest BCUT2D eigenvalue weighted by atomic mass is 9.69. The summed E-state index contributed by atoms with van der Waals surface area (Å²) in [4.78, 5) is 23.9. The van der Waals surface area contributed by atoms with Crippen LogP contribution in [0.3, 0.4) is 0 Å². The van der Waals surface area contributed by atoms with E-state index in [1.165, 1.54) is 0 Å². The standard InChI is InChI=1S/C13H22O3/c1-5-16-13(15)11-10(8(2)3)7-6-9(4)12(11)14/h8-11H,5-7H2,1-4H3. The largest absolute Gasteiger partial charge is 0.465 e. The van der Waals surface area contributed by atoms with Crippen LogP contribution in [-0.4, -0.2) is 18.4 Å². The highest BCUT2D eigenvalue weighted by molar-refractivity contribution is 6.00. The molecule has 1 aliphatic carbocycles. The highest BCUT2D eigenvalue weighted by atomic mass is 16.5. The van der Waals surface area contributed by atoms with Crippen LogP contribution in [0.4, 0.5) is 0 Å². The summed E-state index contributed by atoms with van der Waals surface area (Å²) in [6, 6.07) is 0. The van der Waals surface area contributed by atoms with E-state index in [2.05, 4.69) is 13.8 Å². The molecule has 0 N–H and O–H groups in total. The van der Waals surface area contributed by atoms with E-state index in [0.29, 0.717) is 12.5 Å². The second-order valence-electron chi connectivity index (χ2n) is 5.02. The number of Topliss-reactive ketones (excluding diaryl/α,β-unsaturated/α-hetero) is 1. The van der Waals surface area contributed by atoms with Gasteiger partial charge in [-0.2, -0.15) is 0 Å². The molecule has 0 spiro atoms. The summed E-state index contributed by atoms with van der Waals surface area (Å²) in [6.07, 6.45) is 1.85. The lowest BCUT2D eigenvalue weighted by molar-refractivity contribution is -0.157. The fourth-order valence-corrected chi connectivity index (χ4v) is 2.51. The van der Waals surface area contributed by atoms with Crippen LogP contribution < -0.4 is 0 Å². The minimum atomic E-state index is -0.524. The Morgan fingerprint density at radius 2 is 2.06 bits per heavy atom. The summed E-state index contributed by atoms with van der Waals surface area (Å²) in [5.41, 5.74) is 0. The molecule has 0 bridgehead atoms. The van der Waals surface area contributed by atoms with E-state index >= 15 is 0 Å². The summed E-state index contributed by atoms with van der Waals surface area (Å²) >= 11 is 0. The molecule has 0 aliphatic heterocycles. The van der Waals surface area contributed by atoms with Gasteiger partial charge >= 0.3 is 5.97 Å². The number of hydrogen-bond donors (Lipinski definition) is 0. The molecule has 1 fully saturated rings. The number of hydrogen-bond acceptors (Lipinski definition) is 3. The van der Waals surface area contributed by atoms with E-state index < -0.39 is 5.92 Å². The van der Waals surface area contributed by atoms with Crippen molar-refractivity contribution in [3.05, 3.63) is 0 Å². The molecule has 1 saturated carbocycles. The molecule has 0 saturated heterocycles. The molecule has 0 radical (unpaired) electrons. The molecule has 3 unspecified atom stereocenters. The van der Waals surface area contributed by atoms with Gasteiger partial charge in [0.2, 0.25) is 0 Å². The molecule has 0 heterocycles. The van der Waals surface area contributed by atoms with Gasteiger partial charge < -0.3 is 4.74 Å². The van der Waals surface area contributed by atoms with E-state index in [0.717, 1.165) is 12.8 Å². The Balaban J connectivity index is 2.85. The molecule has 1 aliphatic rings. The van der Waals surface area contributed by atoms with Gasteiger partial charge in [-0.05, 0) is 31.6 Å². The van der Waals surface area contributed by atoms with Crippen LogP contribution in [0.2, 0.25) is 0 Å². The maximum Gasteiger partial charge on any atom is 0.316 e. The minimum Gasteiger partial charge on any atom is -0.465 e. The smallest absolute Gasteiger partial charge is 0.316 e. The first-order valence-corrected chi connectivity index (χ1v) is 6.19. The van der Waals surface area contributed by atoms with Gasteiger partial charge in [-0.25, -0.2) is 0 Å². The Bertz CT molecular complexity index is 270. The van der Waals surface area contributed by atoms with Crippen molar-refractivity contribution in [2.45, 2.75) is 40.5 Å². The van der Waals surface area contributed by atoms with Crippen molar-refractivity contribution in [2.24, 2.45) is 23.7 Å². The quantitative estimate of drug-likeness (QED) is 0.548. The average molecular weight is 226 g/mol. The Morgan fingerprint density at radius 3 is 2.56 bits per heavy atom. The highest BCUT2D eigenvalue weighted by Gasteiger charge is 2.42. The predicted molar refractivity (Wildman–Crippen MR) is 61.9 cm³/mol. The molecular formula is C13H22O3. The highest BCUT2D eigenvalue weighted by Crippen LogP contribution is 2.36. The van der Waals surface area contributed by atoms with Crippen molar-refractivity contribution >= 4 is 11.8 Å². The van der Waals surface area contributed by atoms with Gasteiger partial charge in [0.15, 0.2) is 0 Å². The molecule has 3 heteroatoms. The summed E-state index contributed by atoms with van der Waals surface area (Å²) in [5.74, 6) is -0.261. The topological polar surface area (TPSA) is 43.4 Å². The third kappa shape index (κ3) is 2.63. The van der Waals surface area contributed by atoms with Gasteiger partial charge in [-0.3, -0.25) is 9.59 Å². The van der Waals surface area contributed by atoms with Gasteiger partial charge in [0.1, 0.15) is 11.7 Å². The third-order valence-corrected chi connectivity index (χ3v) is 3.55. The van der Waals surface area contributed by atoms with Crippen LogP contribution in [-0.2, 0) is 14.3 Å². The SMILES string of the molecule is CCOC(=O)C1C(=O)C(C)CCC1C(C)C. The maximum absolute atomic E-state index is 12.1. The summed E-state index contributed by atoms with van der Waals surface area (Å²) in [5, 5.41) is 0. The van der Waals surface area contributed by atoms with Crippen molar-refractivity contribution in [1.82, 2.24) is 0 Å². The fraction of sp³-hybridized carbons (Fsp3) is 0.846. The van der Waals surface area contributed by atoms with E-state index in [1.54, 1.807) is 6.92 Å². The van der Waals surface area contributed by atoms with Crippen LogP contribution in [0.15, 0.2) is 0 Å². The summed E-state index contributed by atoms with van der Waals surface area (Å²) in [7, 11) is 0. The zero-order valence-corrected chi connectivity index (χ0v) is 10.7. The molecular weight excluding hydrogens is 204 g/mol. The number of ether oxygens (including phenoxy) is 1. The second kappa shape index (κ2) is 5.46. The molecule has 16 heavy (non-hydrogen) atoms. The van der Waals surface area contributed by atoms with Gasteiger partial charge in [-0.15, -0.1) is 0 Å². The van der Waals surface area contributed by atoms with Gasteiger partial charge in [0.25, 0.3) is 0 Å². The van der Waals surface area contributed by atoms with E-state index in [4.69, 9.17) is 4.74 Å². The molecule has 1 rings (SSSR count). The Labute approximate surface area is 97.5 Å². The molecule has 3 nitrogen and oxygen atoms in total. The summed E-state index contributed by atoms with van der Waals surface area (Å²) < 4.78 is 5.02. The van der Waals surface area contributed by atoms with Crippen molar-refractivity contribution in [1.29, 1.82) is 0 Å². The predicted octanol–water partition coefficient (Wildman–Crippen LogP) is 2.44. The number of rotatable bonds is 3. The van der Waals surface area contributed by atoms with Crippen molar-refractivity contribution in [3.63, 3.8) is 0 Å². The summed E-state index contributed by atoms with van der Waals surface area (Å²) in [6.45, 7) is 8.17. The first-order chi connectivity index (χ1) is 7.49. The Hall–Kier alpha value is -0.860.